The van der Waals surface area contributed by atoms with E-state index in [2.05, 4.69) is 10.0 Å². The lowest BCUT2D eigenvalue weighted by Gasteiger charge is -2.05. The van der Waals surface area contributed by atoms with Crippen molar-refractivity contribution in [2.45, 2.75) is 11.4 Å². The third-order valence-corrected chi connectivity index (χ3v) is 5.56. The van der Waals surface area contributed by atoms with E-state index in [0.29, 0.717) is 16.5 Å². The molecule has 0 saturated heterocycles. The molecule has 0 fully saturated rings. The number of hydrogen-bond donors (Lipinski definition) is 2. The number of nitrogens with one attached hydrogen (secondary N) is 2. The van der Waals surface area contributed by atoms with Crippen LogP contribution < -0.4 is 10.0 Å². The molecule has 0 unspecified atom stereocenters. The molecule has 1 heterocycles. The van der Waals surface area contributed by atoms with Gasteiger partial charge in [-0.15, -0.1) is 0 Å². The highest BCUT2D eigenvalue weighted by Gasteiger charge is 2.15. The molecular weight excluding hydrogens is 426 g/mol. The van der Waals surface area contributed by atoms with Crippen molar-refractivity contribution in [3.8, 4) is 6.07 Å². The summed E-state index contributed by atoms with van der Waals surface area (Å²) < 4.78 is 32.5. The maximum absolute atomic E-state index is 12.3. The molecular formula is C21H16ClN3O4S. The maximum Gasteiger partial charge on any atom is 0.266 e. The molecule has 0 aliphatic heterocycles. The summed E-state index contributed by atoms with van der Waals surface area (Å²) in [6.07, 6.45) is 1.27. The van der Waals surface area contributed by atoms with Crippen molar-refractivity contribution in [3.63, 3.8) is 0 Å². The van der Waals surface area contributed by atoms with Crippen LogP contribution in [0.25, 0.3) is 6.08 Å². The lowest BCUT2D eigenvalue weighted by molar-refractivity contribution is -0.112. The molecule has 0 aliphatic carbocycles. The number of hydrogen-bond acceptors (Lipinski definition) is 5. The second kappa shape index (κ2) is 9.41. The number of halogens is 1. The van der Waals surface area contributed by atoms with E-state index in [1.54, 1.807) is 48.5 Å². The quantitative estimate of drug-likeness (QED) is 0.425. The van der Waals surface area contributed by atoms with E-state index in [0.717, 1.165) is 0 Å². The summed E-state index contributed by atoms with van der Waals surface area (Å²) in [5, 5.41) is 12.3. The minimum absolute atomic E-state index is 0.0817. The number of anilines is 1. The molecule has 2 N–H and O–H groups in total. The molecule has 30 heavy (non-hydrogen) atoms. The van der Waals surface area contributed by atoms with Crippen molar-refractivity contribution < 1.29 is 17.6 Å². The van der Waals surface area contributed by atoms with Gasteiger partial charge in [0.1, 0.15) is 23.2 Å². The summed E-state index contributed by atoms with van der Waals surface area (Å²) in [4.78, 5) is 12.4. The Balaban J connectivity index is 1.67. The van der Waals surface area contributed by atoms with Crippen molar-refractivity contribution in [2.24, 2.45) is 0 Å². The topological polar surface area (TPSA) is 112 Å². The van der Waals surface area contributed by atoms with Crippen molar-refractivity contribution in [3.05, 3.63) is 88.8 Å². The standard InChI is InChI=1S/C21H16ClN3O4S/c22-16-5-4-6-17(12-16)25-21(26)15(13-23)11-18-9-10-19(29-18)14-24-30(27,28)20-7-2-1-3-8-20/h1-12,24H,14H2,(H,25,26)/b15-11-. The first-order valence-electron chi connectivity index (χ1n) is 8.69. The Morgan fingerprint density at radius 3 is 2.57 bits per heavy atom. The zero-order valence-electron chi connectivity index (χ0n) is 15.5. The van der Waals surface area contributed by atoms with Gasteiger partial charge in [0.05, 0.1) is 11.4 Å². The predicted molar refractivity (Wildman–Crippen MR) is 113 cm³/mol. The fourth-order valence-electron chi connectivity index (χ4n) is 2.47. The summed E-state index contributed by atoms with van der Waals surface area (Å²) in [5.74, 6) is -0.0579. The van der Waals surface area contributed by atoms with Crippen LogP contribution in [0.3, 0.4) is 0 Å². The molecule has 3 rings (SSSR count). The zero-order valence-corrected chi connectivity index (χ0v) is 17.1. The van der Waals surface area contributed by atoms with Crippen LogP contribution in [0.15, 0.2) is 81.6 Å². The molecule has 0 aliphatic rings. The molecule has 7 nitrogen and oxygen atoms in total. The van der Waals surface area contributed by atoms with Crippen LogP contribution in [0.2, 0.25) is 5.02 Å². The first kappa shape index (κ1) is 21.3. The Labute approximate surface area is 178 Å². The van der Waals surface area contributed by atoms with E-state index in [4.69, 9.17) is 16.0 Å². The van der Waals surface area contributed by atoms with Crippen LogP contribution in [0, 0.1) is 11.3 Å². The number of furan rings is 1. The molecule has 0 atom stereocenters. The van der Waals surface area contributed by atoms with Crippen LogP contribution in [-0.2, 0) is 21.4 Å². The Morgan fingerprint density at radius 2 is 1.87 bits per heavy atom. The molecule has 0 spiro atoms. The molecule has 3 aromatic rings. The van der Waals surface area contributed by atoms with Crippen molar-refractivity contribution in [2.75, 3.05) is 5.32 Å². The van der Waals surface area contributed by atoms with Gasteiger partial charge in [-0.25, -0.2) is 13.1 Å². The van der Waals surface area contributed by atoms with Gasteiger partial charge >= 0.3 is 0 Å². The summed E-state index contributed by atoms with van der Waals surface area (Å²) in [5.41, 5.74) is 0.268. The first-order chi connectivity index (χ1) is 14.4. The third kappa shape index (κ3) is 5.58. The fourth-order valence-corrected chi connectivity index (χ4v) is 3.68. The van der Waals surface area contributed by atoms with Crippen LogP contribution in [0.5, 0.6) is 0 Å². The van der Waals surface area contributed by atoms with E-state index in [1.165, 1.54) is 24.3 Å². The fraction of sp³-hybridized carbons (Fsp3) is 0.0476. The smallest absolute Gasteiger partial charge is 0.266 e. The van der Waals surface area contributed by atoms with E-state index < -0.39 is 15.9 Å². The Kier molecular flexibility index (Phi) is 6.69. The minimum Gasteiger partial charge on any atom is -0.460 e. The number of amides is 1. The van der Waals surface area contributed by atoms with E-state index in [-0.39, 0.29) is 22.8 Å². The van der Waals surface area contributed by atoms with Crippen molar-refractivity contribution >= 4 is 39.3 Å². The third-order valence-electron chi connectivity index (χ3n) is 3.91. The van der Waals surface area contributed by atoms with E-state index >= 15 is 0 Å². The van der Waals surface area contributed by atoms with Gasteiger partial charge in [0.2, 0.25) is 10.0 Å². The summed E-state index contributed by atoms with van der Waals surface area (Å²) in [6, 6.07) is 19.4. The highest BCUT2D eigenvalue weighted by Crippen LogP contribution is 2.17. The Morgan fingerprint density at radius 1 is 1.10 bits per heavy atom. The van der Waals surface area contributed by atoms with Gasteiger partial charge in [-0.05, 0) is 42.5 Å². The van der Waals surface area contributed by atoms with Gasteiger partial charge < -0.3 is 9.73 Å². The average molecular weight is 442 g/mol. The van der Waals surface area contributed by atoms with Crippen LogP contribution in [0.4, 0.5) is 5.69 Å². The number of nitriles is 1. The number of sulfonamides is 1. The molecule has 152 valence electrons. The zero-order chi connectivity index (χ0) is 21.6. The molecule has 1 aromatic heterocycles. The van der Waals surface area contributed by atoms with Crippen molar-refractivity contribution in [1.29, 1.82) is 5.26 Å². The first-order valence-corrected chi connectivity index (χ1v) is 10.6. The van der Waals surface area contributed by atoms with E-state index in [1.807, 2.05) is 6.07 Å². The van der Waals surface area contributed by atoms with Crippen LogP contribution in [-0.4, -0.2) is 14.3 Å². The van der Waals surface area contributed by atoms with Crippen LogP contribution >= 0.6 is 11.6 Å². The molecule has 1 amide bonds. The number of carbonyl (C=O) groups is 1. The average Bonchev–Trinajstić information content (AvgIpc) is 3.19. The van der Waals surface area contributed by atoms with Gasteiger partial charge in [0.25, 0.3) is 5.91 Å². The largest absolute Gasteiger partial charge is 0.460 e. The number of rotatable bonds is 7. The highest BCUT2D eigenvalue weighted by atomic mass is 35.5. The SMILES string of the molecule is N#C/C(=C/c1ccc(CNS(=O)(=O)c2ccccc2)o1)C(=O)Nc1cccc(Cl)c1. The van der Waals surface area contributed by atoms with Crippen LogP contribution in [0.1, 0.15) is 11.5 Å². The minimum atomic E-state index is -3.68. The molecule has 0 radical (unpaired) electrons. The van der Waals surface area contributed by atoms with Gasteiger partial charge in [-0.1, -0.05) is 35.9 Å². The molecule has 2 aromatic carbocycles. The van der Waals surface area contributed by atoms with Gasteiger partial charge in [-0.3, -0.25) is 4.79 Å². The molecule has 0 bridgehead atoms. The second-order valence-electron chi connectivity index (χ2n) is 6.08. The highest BCUT2D eigenvalue weighted by molar-refractivity contribution is 7.89. The van der Waals surface area contributed by atoms with Gasteiger partial charge in [0, 0.05) is 16.8 Å². The Hall–Kier alpha value is -3.38. The van der Waals surface area contributed by atoms with E-state index in [9.17, 15) is 18.5 Å². The lowest BCUT2D eigenvalue weighted by Crippen LogP contribution is -2.22. The Bertz CT molecular complexity index is 1230. The number of carbonyl (C=O) groups excluding carboxylic acids is 1. The monoisotopic (exact) mass is 441 g/mol. The predicted octanol–water partition coefficient (Wildman–Crippen LogP) is 3.96. The second-order valence-corrected chi connectivity index (χ2v) is 8.28. The number of benzene rings is 2. The van der Waals surface area contributed by atoms with Gasteiger partial charge in [0.15, 0.2) is 0 Å². The lowest BCUT2D eigenvalue weighted by atomic mass is 10.2. The molecule has 0 saturated carbocycles. The number of nitrogens with zero attached hydrogens (tertiary/aromatic N) is 1. The molecule has 9 heteroatoms. The van der Waals surface area contributed by atoms with Crippen molar-refractivity contribution in [1.82, 2.24) is 4.72 Å². The summed E-state index contributed by atoms with van der Waals surface area (Å²) in [7, 11) is -3.68. The maximum atomic E-state index is 12.3. The van der Waals surface area contributed by atoms with Gasteiger partial charge in [-0.2, -0.15) is 5.26 Å². The summed E-state index contributed by atoms with van der Waals surface area (Å²) >= 11 is 5.88. The summed E-state index contributed by atoms with van der Waals surface area (Å²) in [6.45, 7) is -0.0817. The normalized spacial score (nSPS) is 11.7.